The normalized spacial score (nSPS) is 14.7. The molecule has 0 aromatic heterocycles. The predicted octanol–water partition coefficient (Wildman–Crippen LogP) is -7.30. The van der Waals surface area contributed by atoms with Crippen LogP contribution in [0.1, 0.15) is 46.0 Å². The molecule has 24 heteroatoms. The molecular formula is C28H50N12O11Se. The fourth-order valence-electron chi connectivity index (χ4n) is 4.10. The van der Waals surface area contributed by atoms with Crippen LogP contribution in [0.5, 0.6) is 0 Å². The van der Waals surface area contributed by atoms with Crippen LogP contribution in [0.4, 0.5) is 0 Å². The number of carbonyl (C=O) groups is 9. The topological polar surface area (TPSA) is 409 Å². The molecule has 0 fully saturated rings. The van der Waals surface area contributed by atoms with Gasteiger partial charge in [0.1, 0.15) is 18.1 Å². The molecule has 0 aliphatic carbocycles. The molecule has 0 aliphatic rings. The molecule has 8 amide bonds. The van der Waals surface area contributed by atoms with Crippen LogP contribution in [-0.2, 0) is 43.2 Å². The summed E-state index contributed by atoms with van der Waals surface area (Å²) in [5.74, 6) is -7.54. The van der Waals surface area contributed by atoms with Crippen molar-refractivity contribution in [1.82, 2.24) is 31.9 Å². The molecule has 0 saturated carbocycles. The van der Waals surface area contributed by atoms with Gasteiger partial charge in [-0.25, -0.2) is 4.79 Å². The number of aliphatic hydroxyl groups is 1. The summed E-state index contributed by atoms with van der Waals surface area (Å²) < 4.78 is 0. The number of amides is 8. The zero-order valence-corrected chi connectivity index (χ0v) is 30.7. The summed E-state index contributed by atoms with van der Waals surface area (Å²) >= 11 is 0.263. The van der Waals surface area contributed by atoms with Gasteiger partial charge in [0.15, 0.2) is 0 Å². The second kappa shape index (κ2) is 24.2. The second-order valence-corrected chi connectivity index (χ2v) is 13.5. The van der Waals surface area contributed by atoms with E-state index in [1.807, 2.05) is 11.1 Å². The van der Waals surface area contributed by atoms with E-state index >= 15 is 0 Å². The zero-order chi connectivity index (χ0) is 40.1. The maximum absolute atomic E-state index is 13.2. The van der Waals surface area contributed by atoms with Crippen molar-refractivity contribution in [2.24, 2.45) is 33.7 Å². The van der Waals surface area contributed by atoms with E-state index < -0.39 is 115 Å². The van der Waals surface area contributed by atoms with E-state index in [9.17, 15) is 48.3 Å². The summed E-state index contributed by atoms with van der Waals surface area (Å²) in [6.45, 7) is 1.60. The van der Waals surface area contributed by atoms with Crippen LogP contribution in [0.25, 0.3) is 0 Å². The van der Waals surface area contributed by atoms with Gasteiger partial charge < -0.3 is 32.5 Å². The van der Waals surface area contributed by atoms with Gasteiger partial charge in [-0.05, 0) is 6.92 Å². The minimum absolute atomic E-state index is 0.0203. The van der Waals surface area contributed by atoms with Crippen molar-refractivity contribution in [3.8, 4) is 0 Å². The van der Waals surface area contributed by atoms with Crippen molar-refractivity contribution in [2.45, 2.75) is 99.4 Å². The molecule has 0 bridgehead atoms. The molecule has 23 nitrogen and oxygen atoms in total. The number of primary amides is 2. The van der Waals surface area contributed by atoms with Crippen LogP contribution < -0.4 is 60.6 Å². The van der Waals surface area contributed by atoms with Crippen molar-refractivity contribution in [2.75, 3.05) is 13.1 Å². The number of rotatable bonds is 25. The number of carbonyl (C=O) groups excluding carboxylic acids is 8. The Kier molecular flexibility index (Phi) is 21.8. The van der Waals surface area contributed by atoms with E-state index in [1.165, 1.54) is 6.92 Å². The molecule has 18 N–H and O–H groups in total. The first kappa shape index (κ1) is 46.9. The Morgan fingerprint density at radius 1 is 0.712 bits per heavy atom. The van der Waals surface area contributed by atoms with E-state index in [4.69, 9.17) is 33.8 Å². The minimum atomic E-state index is -1.70. The van der Waals surface area contributed by atoms with Gasteiger partial charge in [-0.1, -0.05) is 0 Å². The quantitative estimate of drug-likeness (QED) is 0.0176. The fourth-order valence-corrected chi connectivity index (χ4v) is 5.12. The van der Waals surface area contributed by atoms with Crippen LogP contribution >= 0.6 is 0 Å². The SMILES string of the molecule is C[Se]CC[C@H](N)C(=O)N[C@@H](CCCN=C(N)N)C(=O)N[C@H](C(=O)NCC(=O)N[C@@H](CC(N)=O)C(=O)N[C@@H](C)C(=O)N[C@@H](CC(N)=O)C(=O)O)[C@@H](C)O. The zero-order valence-electron chi connectivity index (χ0n) is 29.0. The molecule has 7 atom stereocenters. The van der Waals surface area contributed by atoms with Crippen molar-refractivity contribution >= 4 is 74.1 Å². The van der Waals surface area contributed by atoms with Gasteiger partial charge in [-0.15, -0.1) is 0 Å². The summed E-state index contributed by atoms with van der Waals surface area (Å²) in [7, 11) is 0. The number of aliphatic carboxylic acids is 1. The number of aliphatic imine (C=N–C) groups is 1. The number of aliphatic hydroxyl groups excluding tert-OH is 1. The van der Waals surface area contributed by atoms with Crippen molar-refractivity contribution < 1.29 is 53.4 Å². The average molecular weight is 810 g/mol. The average Bonchev–Trinajstić information content (AvgIpc) is 3.04. The molecule has 0 heterocycles. The molecule has 0 spiro atoms. The number of nitrogens with one attached hydrogen (secondary N) is 6. The predicted molar refractivity (Wildman–Crippen MR) is 184 cm³/mol. The van der Waals surface area contributed by atoms with Gasteiger partial charge in [0, 0.05) is 0 Å². The molecule has 0 aliphatic heterocycles. The van der Waals surface area contributed by atoms with Crippen molar-refractivity contribution in [3.05, 3.63) is 0 Å². The molecule has 0 radical (unpaired) electrons. The number of hydrogen-bond donors (Lipinski definition) is 13. The first-order valence-electron chi connectivity index (χ1n) is 15.8. The Bertz CT molecular complexity index is 1330. The van der Waals surface area contributed by atoms with E-state index in [0.717, 1.165) is 12.2 Å². The third-order valence-corrected chi connectivity index (χ3v) is 8.21. The Morgan fingerprint density at radius 3 is 1.79 bits per heavy atom. The Morgan fingerprint density at radius 2 is 1.27 bits per heavy atom. The molecule has 52 heavy (non-hydrogen) atoms. The first-order chi connectivity index (χ1) is 24.2. The summed E-state index contributed by atoms with van der Waals surface area (Å²) in [5.41, 5.74) is 26.7. The Labute approximate surface area is 305 Å². The standard InChI is InChI=1S/C28H50N12O11Se/c1-12(22(45)39-17(27(50)51)10-19(31)43)36-25(48)16(9-18(30)42)37-20(44)11-35-26(49)21(13(2)41)40-24(47)15(5-4-7-34-28(32)33)38-23(46)14(29)6-8-52-3/h12-17,21,41H,4-11,29H2,1-3H3,(H2,30,42)(H2,31,43)(H,35,49)(H,36,48)(H,37,44)(H,38,46)(H,39,45)(H,40,47)(H,50,51)(H4,32,33,34)/t12-,13+,14-,15-,16-,17-,21-/m0/s1. The number of carboxylic acid groups (broad SMARTS) is 1. The van der Waals surface area contributed by atoms with Gasteiger partial charge in [-0.2, -0.15) is 0 Å². The number of carboxylic acids is 1. The second-order valence-electron chi connectivity index (χ2n) is 11.4. The Balaban J connectivity index is 5.59. The third kappa shape index (κ3) is 19.4. The molecule has 0 aromatic carbocycles. The third-order valence-electron chi connectivity index (χ3n) is 6.86. The van der Waals surface area contributed by atoms with Crippen LogP contribution in [-0.4, -0.2) is 140 Å². The summed E-state index contributed by atoms with van der Waals surface area (Å²) in [4.78, 5) is 115. The number of hydrogen-bond acceptors (Lipinski definition) is 12. The van der Waals surface area contributed by atoms with E-state index in [-0.39, 0.29) is 40.3 Å². The first-order valence-corrected chi connectivity index (χ1v) is 18.7. The molecule has 294 valence electrons. The summed E-state index contributed by atoms with van der Waals surface area (Å²) in [6, 6.07) is -8.55. The van der Waals surface area contributed by atoms with Crippen LogP contribution in [0.2, 0.25) is 11.1 Å². The molecule has 0 unspecified atom stereocenters. The van der Waals surface area contributed by atoms with E-state index in [2.05, 4.69) is 31.6 Å². The fraction of sp³-hybridized carbons (Fsp3) is 0.643. The number of nitrogens with zero attached hydrogens (tertiary/aromatic N) is 1. The van der Waals surface area contributed by atoms with Crippen molar-refractivity contribution in [3.63, 3.8) is 0 Å². The van der Waals surface area contributed by atoms with Crippen molar-refractivity contribution in [1.29, 1.82) is 0 Å². The monoisotopic (exact) mass is 810 g/mol. The number of guanidine groups is 1. The maximum atomic E-state index is 13.2. The van der Waals surface area contributed by atoms with Gasteiger partial charge in [0.05, 0.1) is 12.8 Å². The summed E-state index contributed by atoms with van der Waals surface area (Å²) in [5, 5.41) is 33.5. The molecule has 0 saturated heterocycles. The van der Waals surface area contributed by atoms with Gasteiger partial charge >= 0.3 is 177 Å². The Hall–Kier alpha value is -5.06. The van der Waals surface area contributed by atoms with Gasteiger partial charge in [-0.3, -0.25) is 24.0 Å². The van der Waals surface area contributed by atoms with E-state index in [0.29, 0.717) is 6.42 Å². The molecule has 0 rings (SSSR count). The van der Waals surface area contributed by atoms with Gasteiger partial charge in [0.25, 0.3) is 0 Å². The van der Waals surface area contributed by atoms with E-state index in [1.54, 1.807) is 0 Å². The van der Waals surface area contributed by atoms with Crippen LogP contribution in [0.15, 0.2) is 4.99 Å². The van der Waals surface area contributed by atoms with Crippen LogP contribution in [0, 0.1) is 0 Å². The van der Waals surface area contributed by atoms with Crippen LogP contribution in [0.3, 0.4) is 0 Å². The molecule has 0 aromatic rings. The molecular weight excluding hydrogens is 759 g/mol. The number of nitrogens with two attached hydrogens (primary N) is 5. The van der Waals surface area contributed by atoms with Gasteiger partial charge in [0.2, 0.25) is 29.5 Å². The summed E-state index contributed by atoms with van der Waals surface area (Å²) in [6.07, 6.45) is -2.37.